The van der Waals surface area contributed by atoms with Crippen molar-refractivity contribution in [3.8, 4) is 0 Å². The number of carbonyl (C=O) groups excluding carboxylic acids is 1. The van der Waals surface area contributed by atoms with E-state index >= 15 is 0 Å². The van der Waals surface area contributed by atoms with Crippen molar-refractivity contribution in [1.29, 1.82) is 0 Å². The maximum absolute atomic E-state index is 13.1. The van der Waals surface area contributed by atoms with E-state index in [1.807, 2.05) is 19.1 Å². The monoisotopic (exact) mass is 272 g/mol. The van der Waals surface area contributed by atoms with E-state index in [9.17, 15) is 4.79 Å². The van der Waals surface area contributed by atoms with Crippen LogP contribution >= 0.6 is 0 Å². The topological polar surface area (TPSA) is 30.2 Å². The summed E-state index contributed by atoms with van der Waals surface area (Å²) in [4.78, 5) is 13.1. The minimum absolute atomic E-state index is 0.132. The Morgan fingerprint density at radius 1 is 1.10 bits per heavy atom. The average Bonchev–Trinajstić information content (AvgIpc) is 2.69. The Morgan fingerprint density at radius 3 is 2.25 bits per heavy atom. The lowest BCUT2D eigenvalue weighted by Gasteiger charge is -2.64. The first kappa shape index (κ1) is 12.7. The van der Waals surface area contributed by atoms with Crippen molar-refractivity contribution < 1.29 is 9.21 Å². The van der Waals surface area contributed by atoms with Gasteiger partial charge in [-0.1, -0.05) is 13.8 Å². The van der Waals surface area contributed by atoms with Crippen LogP contribution in [0.4, 0.5) is 0 Å². The predicted octanol–water partition coefficient (Wildman–Crippen LogP) is 4.77. The number of carbonyl (C=O) groups is 1. The molecule has 0 spiro atoms. The van der Waals surface area contributed by atoms with Gasteiger partial charge in [0.1, 0.15) is 5.76 Å². The highest BCUT2D eigenvalue weighted by molar-refractivity contribution is 5.98. The highest BCUT2D eigenvalue weighted by Crippen LogP contribution is 2.70. The lowest BCUT2D eigenvalue weighted by Crippen LogP contribution is -2.57. The minimum Gasteiger partial charge on any atom is -0.458 e. The molecule has 0 aliphatic heterocycles. The van der Waals surface area contributed by atoms with Gasteiger partial charge in [-0.25, -0.2) is 0 Å². The van der Waals surface area contributed by atoms with E-state index in [0.29, 0.717) is 16.6 Å². The van der Waals surface area contributed by atoms with E-state index in [2.05, 4.69) is 13.8 Å². The summed E-state index contributed by atoms with van der Waals surface area (Å²) in [6.07, 6.45) is 7.21. The predicted molar refractivity (Wildman–Crippen MR) is 77.6 cm³/mol. The zero-order chi connectivity index (χ0) is 14.2. The third-order valence-electron chi connectivity index (χ3n) is 6.07. The Morgan fingerprint density at radius 2 is 1.75 bits per heavy atom. The van der Waals surface area contributed by atoms with E-state index in [-0.39, 0.29) is 11.2 Å². The summed E-state index contributed by atoms with van der Waals surface area (Å²) >= 11 is 0. The first-order valence-electron chi connectivity index (χ1n) is 7.93. The smallest absolute Gasteiger partial charge is 0.204 e. The third-order valence-corrected chi connectivity index (χ3v) is 6.07. The molecule has 1 heterocycles. The van der Waals surface area contributed by atoms with Gasteiger partial charge in [0, 0.05) is 5.41 Å². The van der Waals surface area contributed by atoms with Crippen LogP contribution in [0.15, 0.2) is 16.5 Å². The summed E-state index contributed by atoms with van der Waals surface area (Å²) in [5, 5.41) is 0. The molecule has 0 saturated heterocycles. The quantitative estimate of drug-likeness (QED) is 0.726. The van der Waals surface area contributed by atoms with E-state index in [1.165, 1.54) is 19.3 Å². The number of hydrogen-bond donors (Lipinski definition) is 0. The van der Waals surface area contributed by atoms with Crippen molar-refractivity contribution in [2.75, 3.05) is 0 Å². The zero-order valence-corrected chi connectivity index (χ0v) is 12.8. The summed E-state index contributed by atoms with van der Waals surface area (Å²) < 4.78 is 5.65. The van der Waals surface area contributed by atoms with E-state index < -0.39 is 0 Å². The lowest BCUT2D eigenvalue weighted by molar-refractivity contribution is -0.126. The molecule has 1 aromatic heterocycles. The van der Waals surface area contributed by atoms with Crippen molar-refractivity contribution in [1.82, 2.24) is 0 Å². The average molecular weight is 272 g/mol. The van der Waals surface area contributed by atoms with Crippen LogP contribution in [-0.4, -0.2) is 5.78 Å². The number of ketones is 1. The van der Waals surface area contributed by atoms with Gasteiger partial charge in [0.05, 0.1) is 0 Å². The maximum Gasteiger partial charge on any atom is 0.204 e. The fourth-order valence-corrected chi connectivity index (χ4v) is 6.52. The van der Waals surface area contributed by atoms with Crippen LogP contribution in [0.25, 0.3) is 0 Å². The second-order valence-electron chi connectivity index (χ2n) is 8.65. The Kier molecular flexibility index (Phi) is 2.27. The second-order valence-corrected chi connectivity index (χ2v) is 8.65. The Hall–Kier alpha value is -1.05. The van der Waals surface area contributed by atoms with Crippen molar-refractivity contribution in [2.24, 2.45) is 22.2 Å². The molecule has 4 aliphatic carbocycles. The van der Waals surface area contributed by atoms with Crippen molar-refractivity contribution in [3.05, 3.63) is 23.7 Å². The molecular weight excluding hydrogens is 248 g/mol. The van der Waals surface area contributed by atoms with Gasteiger partial charge in [-0.3, -0.25) is 4.79 Å². The fourth-order valence-electron chi connectivity index (χ4n) is 6.52. The van der Waals surface area contributed by atoms with Crippen LogP contribution in [0.5, 0.6) is 0 Å². The number of furan rings is 1. The third kappa shape index (κ3) is 1.66. The Labute approximate surface area is 120 Å². The van der Waals surface area contributed by atoms with Crippen LogP contribution in [0.2, 0.25) is 0 Å². The van der Waals surface area contributed by atoms with Gasteiger partial charge in [-0.2, -0.15) is 0 Å². The lowest BCUT2D eigenvalue weighted by atomic mass is 9.39. The number of aryl methyl sites for hydroxylation is 1. The minimum atomic E-state index is -0.132. The van der Waals surface area contributed by atoms with E-state index in [0.717, 1.165) is 30.9 Å². The van der Waals surface area contributed by atoms with Gasteiger partial charge < -0.3 is 4.42 Å². The molecule has 5 rings (SSSR count). The van der Waals surface area contributed by atoms with Gasteiger partial charge in [0.15, 0.2) is 5.76 Å². The molecule has 0 radical (unpaired) electrons. The van der Waals surface area contributed by atoms with Crippen molar-refractivity contribution in [3.63, 3.8) is 0 Å². The number of rotatable bonds is 2. The molecule has 4 bridgehead atoms. The molecule has 2 heteroatoms. The van der Waals surface area contributed by atoms with Gasteiger partial charge in [0.2, 0.25) is 5.78 Å². The van der Waals surface area contributed by atoms with Gasteiger partial charge in [-0.15, -0.1) is 0 Å². The van der Waals surface area contributed by atoms with E-state index in [1.54, 1.807) is 0 Å². The highest BCUT2D eigenvalue weighted by atomic mass is 16.3. The zero-order valence-electron chi connectivity index (χ0n) is 12.8. The van der Waals surface area contributed by atoms with Crippen LogP contribution in [-0.2, 0) is 0 Å². The Bertz CT molecular complexity index is 564. The van der Waals surface area contributed by atoms with Gasteiger partial charge >= 0.3 is 0 Å². The first-order valence-corrected chi connectivity index (χ1v) is 7.93. The standard InChI is InChI=1S/C18H24O2/c1-12-4-5-14(20-12)15(19)18-8-13-6-16(2,10-18)9-17(3,7-13)11-18/h4-5,13H,6-11H2,1-3H3. The fraction of sp³-hybridized carbons (Fsp3) is 0.722. The SMILES string of the molecule is Cc1ccc(C(=O)C23CC4CC(C)(CC(C)(C4)C2)C3)o1. The molecule has 108 valence electrons. The summed E-state index contributed by atoms with van der Waals surface area (Å²) in [5.74, 6) is 2.47. The summed E-state index contributed by atoms with van der Waals surface area (Å²) in [5.41, 5.74) is 0.629. The van der Waals surface area contributed by atoms with E-state index in [4.69, 9.17) is 4.42 Å². The molecule has 0 N–H and O–H groups in total. The highest BCUT2D eigenvalue weighted by Gasteiger charge is 2.62. The molecule has 4 aliphatic rings. The van der Waals surface area contributed by atoms with Crippen LogP contribution in [0, 0.1) is 29.1 Å². The largest absolute Gasteiger partial charge is 0.458 e. The normalized spacial score (nSPS) is 45.9. The summed E-state index contributed by atoms with van der Waals surface area (Å²) in [6, 6.07) is 3.79. The van der Waals surface area contributed by atoms with Gasteiger partial charge in [-0.05, 0) is 74.3 Å². The molecule has 0 amide bonds. The molecule has 4 fully saturated rings. The Balaban J connectivity index is 1.75. The maximum atomic E-state index is 13.1. The van der Waals surface area contributed by atoms with Crippen LogP contribution in [0.1, 0.15) is 68.7 Å². The number of Topliss-reactive ketones (excluding diaryl/α,β-unsaturated/α-hetero) is 1. The van der Waals surface area contributed by atoms with Crippen LogP contribution in [0.3, 0.4) is 0 Å². The summed E-state index contributed by atoms with van der Waals surface area (Å²) in [6.45, 7) is 6.73. The molecule has 2 atom stereocenters. The number of hydrogen-bond acceptors (Lipinski definition) is 2. The molecule has 20 heavy (non-hydrogen) atoms. The molecule has 2 nitrogen and oxygen atoms in total. The van der Waals surface area contributed by atoms with Gasteiger partial charge in [0.25, 0.3) is 0 Å². The molecular formula is C18H24O2. The van der Waals surface area contributed by atoms with Crippen molar-refractivity contribution >= 4 is 5.78 Å². The second kappa shape index (κ2) is 3.58. The summed E-state index contributed by atoms with van der Waals surface area (Å²) in [7, 11) is 0. The molecule has 4 saturated carbocycles. The molecule has 0 aromatic carbocycles. The molecule has 1 aromatic rings. The molecule has 2 unspecified atom stereocenters. The first-order chi connectivity index (χ1) is 9.32. The van der Waals surface area contributed by atoms with Crippen LogP contribution < -0.4 is 0 Å². The van der Waals surface area contributed by atoms with Crippen molar-refractivity contribution in [2.45, 2.75) is 59.3 Å².